The summed E-state index contributed by atoms with van der Waals surface area (Å²) in [4.78, 5) is 23.2. The number of rotatable bonds is 4. The Morgan fingerprint density at radius 1 is 1.44 bits per heavy atom. The lowest BCUT2D eigenvalue weighted by molar-refractivity contribution is -0.146. The van der Waals surface area contributed by atoms with E-state index in [-0.39, 0.29) is 23.8 Å². The van der Waals surface area contributed by atoms with E-state index in [0.717, 1.165) is 19.4 Å². The van der Waals surface area contributed by atoms with Crippen molar-refractivity contribution in [3.05, 3.63) is 0 Å². The van der Waals surface area contributed by atoms with Crippen molar-refractivity contribution < 1.29 is 14.3 Å². The fraction of sp³-hybridized carbons (Fsp3) is 0.818. The van der Waals surface area contributed by atoms with Crippen molar-refractivity contribution in [3.63, 3.8) is 0 Å². The molecule has 0 saturated carbocycles. The Bertz CT molecular complexity index is 260. The molecule has 0 aromatic rings. The average molecular weight is 228 g/mol. The minimum Gasteiger partial charge on any atom is -0.467 e. The van der Waals surface area contributed by atoms with Gasteiger partial charge in [-0.2, -0.15) is 0 Å². The van der Waals surface area contributed by atoms with E-state index >= 15 is 0 Å². The molecule has 5 nitrogen and oxygen atoms in total. The van der Waals surface area contributed by atoms with E-state index in [1.165, 1.54) is 7.11 Å². The van der Waals surface area contributed by atoms with Crippen LogP contribution < -0.4 is 10.6 Å². The van der Waals surface area contributed by atoms with Gasteiger partial charge in [0, 0.05) is 0 Å². The van der Waals surface area contributed by atoms with Crippen molar-refractivity contribution in [1.29, 1.82) is 0 Å². The quantitative estimate of drug-likeness (QED) is 0.667. The van der Waals surface area contributed by atoms with Crippen LogP contribution in [-0.4, -0.2) is 37.6 Å². The van der Waals surface area contributed by atoms with Crippen LogP contribution in [-0.2, 0) is 14.3 Å². The molecular weight excluding hydrogens is 208 g/mol. The number of carbonyl (C=O) groups is 2. The number of methoxy groups -OCH3 is 1. The third-order valence-electron chi connectivity index (χ3n) is 2.80. The second-order valence-corrected chi connectivity index (χ2v) is 4.40. The molecule has 0 aliphatic carbocycles. The molecule has 5 heteroatoms. The Kier molecular flexibility index (Phi) is 4.73. The Labute approximate surface area is 95.9 Å². The lowest BCUT2D eigenvalue weighted by atomic mass is 10.0. The Hall–Kier alpha value is -1.10. The molecule has 0 aromatic carbocycles. The molecule has 1 saturated heterocycles. The Balaban J connectivity index is 2.53. The van der Waals surface area contributed by atoms with Crippen LogP contribution in [0.25, 0.3) is 0 Å². The zero-order valence-electron chi connectivity index (χ0n) is 10.1. The van der Waals surface area contributed by atoms with Crippen LogP contribution in [0.1, 0.15) is 26.7 Å². The SMILES string of the molecule is COC(=O)[C@@H](NC(=O)[C@@H]1CCCN1)C(C)C. The molecule has 1 rings (SSSR count). The van der Waals surface area contributed by atoms with E-state index in [9.17, 15) is 9.59 Å². The topological polar surface area (TPSA) is 67.4 Å². The molecule has 1 heterocycles. The minimum absolute atomic E-state index is 0.0257. The predicted molar refractivity (Wildman–Crippen MR) is 59.8 cm³/mol. The number of carbonyl (C=O) groups excluding carboxylic acids is 2. The van der Waals surface area contributed by atoms with Crippen molar-refractivity contribution in [2.45, 2.75) is 38.8 Å². The van der Waals surface area contributed by atoms with E-state index in [0.29, 0.717) is 0 Å². The molecule has 92 valence electrons. The highest BCUT2D eigenvalue weighted by Crippen LogP contribution is 2.08. The monoisotopic (exact) mass is 228 g/mol. The van der Waals surface area contributed by atoms with Gasteiger partial charge in [0.05, 0.1) is 13.2 Å². The number of hydrogen-bond acceptors (Lipinski definition) is 4. The summed E-state index contributed by atoms with van der Waals surface area (Å²) in [6, 6.07) is -0.717. The van der Waals surface area contributed by atoms with Gasteiger partial charge in [-0.1, -0.05) is 13.8 Å². The summed E-state index contributed by atoms with van der Waals surface area (Å²) in [5.74, 6) is -0.472. The molecule has 1 aliphatic rings. The van der Waals surface area contributed by atoms with Crippen LogP contribution in [0.3, 0.4) is 0 Å². The highest BCUT2D eigenvalue weighted by atomic mass is 16.5. The second-order valence-electron chi connectivity index (χ2n) is 4.40. The largest absolute Gasteiger partial charge is 0.467 e. The van der Waals surface area contributed by atoms with Crippen molar-refractivity contribution in [1.82, 2.24) is 10.6 Å². The maximum atomic E-state index is 11.8. The molecule has 2 atom stereocenters. The van der Waals surface area contributed by atoms with E-state index in [2.05, 4.69) is 15.4 Å². The highest BCUT2D eigenvalue weighted by molar-refractivity contribution is 5.87. The van der Waals surface area contributed by atoms with E-state index in [1.54, 1.807) is 0 Å². The van der Waals surface area contributed by atoms with Crippen LogP contribution in [0.15, 0.2) is 0 Å². The van der Waals surface area contributed by atoms with Crippen molar-refractivity contribution >= 4 is 11.9 Å². The van der Waals surface area contributed by atoms with Crippen molar-refractivity contribution in [2.75, 3.05) is 13.7 Å². The molecular formula is C11H20N2O3. The number of ether oxygens (including phenoxy) is 1. The first-order chi connectivity index (χ1) is 7.56. The molecule has 1 amide bonds. The van der Waals surface area contributed by atoms with Gasteiger partial charge in [0.2, 0.25) is 5.91 Å². The summed E-state index contributed by atoms with van der Waals surface area (Å²) in [5.41, 5.74) is 0. The standard InChI is InChI=1S/C11H20N2O3/c1-7(2)9(11(15)16-3)13-10(14)8-5-4-6-12-8/h7-9,12H,4-6H2,1-3H3,(H,13,14)/t8-,9-/m0/s1. The molecule has 0 unspecified atom stereocenters. The van der Waals surface area contributed by atoms with Gasteiger partial charge in [-0.15, -0.1) is 0 Å². The maximum absolute atomic E-state index is 11.8. The molecule has 0 spiro atoms. The average Bonchev–Trinajstić information content (AvgIpc) is 2.77. The maximum Gasteiger partial charge on any atom is 0.328 e. The first-order valence-electron chi connectivity index (χ1n) is 5.68. The summed E-state index contributed by atoms with van der Waals surface area (Å²) in [5, 5.41) is 5.83. The van der Waals surface area contributed by atoms with Gasteiger partial charge in [0.1, 0.15) is 6.04 Å². The molecule has 0 radical (unpaired) electrons. The number of amides is 1. The molecule has 2 N–H and O–H groups in total. The van der Waals surface area contributed by atoms with Gasteiger partial charge in [-0.05, 0) is 25.3 Å². The van der Waals surface area contributed by atoms with Gasteiger partial charge in [-0.3, -0.25) is 4.79 Å². The summed E-state index contributed by atoms with van der Waals surface area (Å²) < 4.78 is 4.66. The van der Waals surface area contributed by atoms with Gasteiger partial charge in [0.25, 0.3) is 0 Å². The normalized spacial score (nSPS) is 21.9. The summed E-state index contributed by atoms with van der Waals surface area (Å²) in [7, 11) is 1.33. The van der Waals surface area contributed by atoms with Crippen LogP contribution in [0, 0.1) is 5.92 Å². The van der Waals surface area contributed by atoms with Crippen molar-refractivity contribution in [2.24, 2.45) is 5.92 Å². The number of hydrogen-bond donors (Lipinski definition) is 2. The fourth-order valence-corrected chi connectivity index (χ4v) is 1.79. The lowest BCUT2D eigenvalue weighted by Crippen LogP contribution is -2.50. The lowest BCUT2D eigenvalue weighted by Gasteiger charge is -2.21. The summed E-state index contributed by atoms with van der Waals surface area (Å²) >= 11 is 0. The smallest absolute Gasteiger partial charge is 0.328 e. The van der Waals surface area contributed by atoms with Gasteiger partial charge >= 0.3 is 5.97 Å². The van der Waals surface area contributed by atoms with Crippen LogP contribution in [0.4, 0.5) is 0 Å². The Morgan fingerprint density at radius 2 is 2.12 bits per heavy atom. The van der Waals surface area contributed by atoms with E-state index in [4.69, 9.17) is 0 Å². The molecule has 1 fully saturated rings. The summed E-state index contributed by atoms with van der Waals surface area (Å²) in [6.45, 7) is 4.62. The first-order valence-corrected chi connectivity index (χ1v) is 5.68. The zero-order chi connectivity index (χ0) is 12.1. The molecule has 0 aromatic heterocycles. The molecule has 16 heavy (non-hydrogen) atoms. The highest BCUT2D eigenvalue weighted by Gasteiger charge is 2.29. The number of esters is 1. The first kappa shape index (κ1) is 13.0. The Morgan fingerprint density at radius 3 is 2.56 bits per heavy atom. The zero-order valence-corrected chi connectivity index (χ0v) is 10.1. The molecule has 1 aliphatic heterocycles. The van der Waals surface area contributed by atoms with Crippen LogP contribution in [0.5, 0.6) is 0 Å². The summed E-state index contributed by atoms with van der Waals surface area (Å²) in [6.07, 6.45) is 1.83. The van der Waals surface area contributed by atoms with Gasteiger partial charge in [0.15, 0.2) is 0 Å². The third-order valence-corrected chi connectivity index (χ3v) is 2.80. The van der Waals surface area contributed by atoms with Gasteiger partial charge < -0.3 is 15.4 Å². The van der Waals surface area contributed by atoms with Crippen LogP contribution >= 0.6 is 0 Å². The van der Waals surface area contributed by atoms with Crippen molar-refractivity contribution in [3.8, 4) is 0 Å². The third kappa shape index (κ3) is 3.20. The minimum atomic E-state index is -0.556. The second kappa shape index (κ2) is 5.84. The van der Waals surface area contributed by atoms with Crippen LogP contribution in [0.2, 0.25) is 0 Å². The van der Waals surface area contributed by atoms with Gasteiger partial charge in [-0.25, -0.2) is 4.79 Å². The molecule has 0 bridgehead atoms. The fourth-order valence-electron chi connectivity index (χ4n) is 1.79. The van der Waals surface area contributed by atoms with E-state index < -0.39 is 6.04 Å². The van der Waals surface area contributed by atoms with E-state index in [1.807, 2.05) is 13.8 Å². The predicted octanol–water partition coefficient (Wildman–Crippen LogP) is 0.0522. The number of nitrogens with one attached hydrogen (secondary N) is 2.